The van der Waals surface area contributed by atoms with Crippen LogP contribution >= 0.6 is 0 Å². The number of amides is 1. The standard InChI is InChI=1S/C16H22N2O/c1-11(2)10-18(12(3)4)16(19)14-9-17-15-8-6-5-7-13(14)15/h5-9,11-12,17H,10H2,1-4H3. The van der Waals surface area contributed by atoms with Crippen molar-refractivity contribution in [3.05, 3.63) is 36.0 Å². The van der Waals surface area contributed by atoms with E-state index in [4.69, 9.17) is 0 Å². The Hall–Kier alpha value is -1.77. The summed E-state index contributed by atoms with van der Waals surface area (Å²) >= 11 is 0. The lowest BCUT2D eigenvalue weighted by molar-refractivity contribution is 0.0684. The van der Waals surface area contributed by atoms with Gasteiger partial charge in [0.2, 0.25) is 0 Å². The van der Waals surface area contributed by atoms with Gasteiger partial charge in [-0.1, -0.05) is 32.0 Å². The van der Waals surface area contributed by atoms with Crippen LogP contribution in [-0.4, -0.2) is 28.4 Å². The summed E-state index contributed by atoms with van der Waals surface area (Å²) in [5, 5.41) is 1.00. The Morgan fingerprint density at radius 3 is 2.53 bits per heavy atom. The summed E-state index contributed by atoms with van der Waals surface area (Å²) < 4.78 is 0. The van der Waals surface area contributed by atoms with Crippen LogP contribution in [0.15, 0.2) is 30.5 Å². The zero-order chi connectivity index (χ0) is 14.0. The summed E-state index contributed by atoms with van der Waals surface area (Å²) in [6.07, 6.45) is 1.82. The lowest BCUT2D eigenvalue weighted by Crippen LogP contribution is -2.39. The molecular weight excluding hydrogens is 236 g/mol. The molecule has 102 valence electrons. The second-order valence-electron chi connectivity index (χ2n) is 5.69. The van der Waals surface area contributed by atoms with Crippen molar-refractivity contribution in [2.45, 2.75) is 33.7 Å². The first-order valence-electron chi connectivity index (χ1n) is 6.87. The summed E-state index contributed by atoms with van der Waals surface area (Å²) in [7, 11) is 0. The Kier molecular flexibility index (Phi) is 3.93. The number of H-pyrrole nitrogens is 1. The van der Waals surface area contributed by atoms with Crippen molar-refractivity contribution in [2.24, 2.45) is 5.92 Å². The Morgan fingerprint density at radius 1 is 1.21 bits per heavy atom. The molecule has 0 fully saturated rings. The zero-order valence-electron chi connectivity index (χ0n) is 12.1. The third-order valence-corrected chi connectivity index (χ3v) is 3.27. The summed E-state index contributed by atoms with van der Waals surface area (Å²) in [6, 6.07) is 8.14. The molecule has 1 aromatic heterocycles. The van der Waals surface area contributed by atoms with Crippen molar-refractivity contribution in [1.82, 2.24) is 9.88 Å². The number of aromatic amines is 1. The van der Waals surface area contributed by atoms with Crippen molar-refractivity contribution >= 4 is 16.8 Å². The smallest absolute Gasteiger partial charge is 0.256 e. The molecule has 1 heterocycles. The maximum atomic E-state index is 12.7. The molecule has 0 aliphatic carbocycles. The number of hydrogen-bond donors (Lipinski definition) is 1. The maximum Gasteiger partial charge on any atom is 0.256 e. The predicted octanol–water partition coefficient (Wildman–Crippen LogP) is 3.67. The SMILES string of the molecule is CC(C)CN(C(=O)c1c[nH]c2ccccc12)C(C)C. The highest BCUT2D eigenvalue weighted by Crippen LogP contribution is 2.20. The van der Waals surface area contributed by atoms with Crippen LogP contribution in [0.4, 0.5) is 0 Å². The monoisotopic (exact) mass is 258 g/mol. The minimum absolute atomic E-state index is 0.112. The van der Waals surface area contributed by atoms with Gasteiger partial charge in [-0.15, -0.1) is 0 Å². The van der Waals surface area contributed by atoms with Gasteiger partial charge in [0.1, 0.15) is 0 Å². The number of rotatable bonds is 4. The Bertz CT molecular complexity index is 569. The normalized spacial score (nSPS) is 11.5. The molecule has 3 heteroatoms. The molecule has 0 spiro atoms. The topological polar surface area (TPSA) is 36.1 Å². The van der Waals surface area contributed by atoms with E-state index in [1.54, 1.807) is 0 Å². The lowest BCUT2D eigenvalue weighted by Gasteiger charge is -2.28. The molecule has 3 nitrogen and oxygen atoms in total. The summed E-state index contributed by atoms with van der Waals surface area (Å²) in [5.41, 5.74) is 1.78. The third-order valence-electron chi connectivity index (χ3n) is 3.27. The van der Waals surface area contributed by atoms with Crippen molar-refractivity contribution in [3.8, 4) is 0 Å². The second kappa shape index (κ2) is 5.47. The first-order chi connectivity index (χ1) is 9.00. The molecule has 19 heavy (non-hydrogen) atoms. The number of hydrogen-bond acceptors (Lipinski definition) is 1. The van der Waals surface area contributed by atoms with E-state index in [-0.39, 0.29) is 11.9 Å². The van der Waals surface area contributed by atoms with Crippen LogP contribution < -0.4 is 0 Å². The molecule has 2 aromatic rings. The number of carbonyl (C=O) groups excluding carboxylic acids is 1. The molecule has 0 atom stereocenters. The highest BCUT2D eigenvalue weighted by Gasteiger charge is 2.22. The van der Waals surface area contributed by atoms with Crippen LogP contribution in [0.25, 0.3) is 10.9 Å². The van der Waals surface area contributed by atoms with E-state index < -0.39 is 0 Å². The van der Waals surface area contributed by atoms with Gasteiger partial charge in [0.25, 0.3) is 5.91 Å². The number of benzene rings is 1. The van der Waals surface area contributed by atoms with Gasteiger partial charge in [0.15, 0.2) is 0 Å². The lowest BCUT2D eigenvalue weighted by atomic mass is 10.1. The van der Waals surface area contributed by atoms with Crippen LogP contribution in [0, 0.1) is 5.92 Å². The number of aromatic nitrogens is 1. The Balaban J connectivity index is 2.36. The summed E-state index contributed by atoms with van der Waals surface area (Å²) in [5.74, 6) is 0.581. The highest BCUT2D eigenvalue weighted by molar-refractivity contribution is 6.06. The van der Waals surface area contributed by atoms with E-state index in [0.717, 1.165) is 23.0 Å². The fraction of sp³-hybridized carbons (Fsp3) is 0.438. The quantitative estimate of drug-likeness (QED) is 0.892. The molecule has 0 aliphatic rings. The van der Waals surface area contributed by atoms with Crippen molar-refractivity contribution in [3.63, 3.8) is 0 Å². The van der Waals surface area contributed by atoms with Gasteiger partial charge < -0.3 is 9.88 Å². The van der Waals surface area contributed by atoms with Gasteiger partial charge in [0, 0.05) is 29.7 Å². The van der Waals surface area contributed by atoms with Crippen LogP contribution in [0.1, 0.15) is 38.1 Å². The van der Waals surface area contributed by atoms with Gasteiger partial charge in [-0.25, -0.2) is 0 Å². The molecule has 0 saturated heterocycles. The molecule has 1 amide bonds. The van der Waals surface area contributed by atoms with E-state index in [1.807, 2.05) is 35.4 Å². The third kappa shape index (κ3) is 2.80. The fourth-order valence-electron chi connectivity index (χ4n) is 2.32. The van der Waals surface area contributed by atoms with Crippen LogP contribution in [0.3, 0.4) is 0 Å². The molecule has 0 unspecified atom stereocenters. The van der Waals surface area contributed by atoms with Crippen LogP contribution in [0.5, 0.6) is 0 Å². The van der Waals surface area contributed by atoms with Gasteiger partial charge in [-0.2, -0.15) is 0 Å². The van der Waals surface area contributed by atoms with E-state index in [2.05, 4.69) is 32.7 Å². The molecule has 0 bridgehead atoms. The Morgan fingerprint density at radius 2 is 1.89 bits per heavy atom. The Labute approximate surface area is 114 Å². The number of fused-ring (bicyclic) bond motifs is 1. The number of para-hydroxylation sites is 1. The largest absolute Gasteiger partial charge is 0.360 e. The average Bonchev–Trinajstić information content (AvgIpc) is 2.78. The van der Waals surface area contributed by atoms with Crippen molar-refractivity contribution in [1.29, 1.82) is 0 Å². The molecule has 1 aromatic carbocycles. The molecule has 0 radical (unpaired) electrons. The minimum atomic E-state index is 0.112. The number of carbonyl (C=O) groups is 1. The predicted molar refractivity (Wildman–Crippen MR) is 79.3 cm³/mol. The molecule has 0 aliphatic heterocycles. The van der Waals surface area contributed by atoms with Gasteiger partial charge >= 0.3 is 0 Å². The van der Waals surface area contributed by atoms with E-state index in [0.29, 0.717) is 5.92 Å². The minimum Gasteiger partial charge on any atom is -0.360 e. The van der Waals surface area contributed by atoms with E-state index in [1.165, 1.54) is 0 Å². The van der Waals surface area contributed by atoms with Gasteiger partial charge in [-0.05, 0) is 25.8 Å². The fourth-order valence-corrected chi connectivity index (χ4v) is 2.32. The molecule has 2 rings (SSSR count). The molecule has 1 N–H and O–H groups in total. The first kappa shape index (κ1) is 13.7. The average molecular weight is 258 g/mol. The number of nitrogens with one attached hydrogen (secondary N) is 1. The molecule has 0 saturated carbocycles. The van der Waals surface area contributed by atoms with Crippen molar-refractivity contribution in [2.75, 3.05) is 6.54 Å². The van der Waals surface area contributed by atoms with Crippen LogP contribution in [-0.2, 0) is 0 Å². The van der Waals surface area contributed by atoms with E-state index >= 15 is 0 Å². The summed E-state index contributed by atoms with van der Waals surface area (Å²) in [4.78, 5) is 17.8. The zero-order valence-corrected chi connectivity index (χ0v) is 12.1. The van der Waals surface area contributed by atoms with Gasteiger partial charge in [0.05, 0.1) is 5.56 Å². The number of nitrogens with zero attached hydrogens (tertiary/aromatic N) is 1. The second-order valence-corrected chi connectivity index (χ2v) is 5.69. The molecular formula is C16H22N2O. The highest BCUT2D eigenvalue weighted by atomic mass is 16.2. The van der Waals surface area contributed by atoms with Gasteiger partial charge in [-0.3, -0.25) is 4.79 Å². The maximum absolute atomic E-state index is 12.7. The van der Waals surface area contributed by atoms with Crippen LogP contribution in [0.2, 0.25) is 0 Å². The van der Waals surface area contributed by atoms with E-state index in [9.17, 15) is 4.79 Å². The first-order valence-corrected chi connectivity index (χ1v) is 6.87. The summed E-state index contributed by atoms with van der Waals surface area (Å²) in [6.45, 7) is 9.19. The van der Waals surface area contributed by atoms with Crippen molar-refractivity contribution < 1.29 is 4.79 Å².